The number of piperidine rings is 2. The largest absolute Gasteiger partial charge is 0.337 e. The van der Waals surface area contributed by atoms with E-state index in [-0.39, 0.29) is 29.3 Å². The van der Waals surface area contributed by atoms with Gasteiger partial charge in [-0.1, -0.05) is 25.4 Å². The van der Waals surface area contributed by atoms with Gasteiger partial charge in [-0.25, -0.2) is 4.98 Å². The van der Waals surface area contributed by atoms with E-state index in [1.165, 1.54) is 0 Å². The Bertz CT molecular complexity index is 896. The van der Waals surface area contributed by atoms with Gasteiger partial charge in [-0.2, -0.15) is 5.26 Å². The molecule has 3 fully saturated rings. The molecule has 2 saturated heterocycles. The monoisotopic (exact) mass is 387 g/mol. The van der Waals surface area contributed by atoms with Gasteiger partial charge in [0.25, 0.3) is 0 Å². The highest BCUT2D eigenvalue weighted by Gasteiger charge is 2.55. The molecular weight excluding hydrogens is 366 g/mol. The van der Waals surface area contributed by atoms with Crippen LogP contribution in [0.3, 0.4) is 0 Å². The maximum absolute atomic E-state index is 13.0. The fraction of sp³-hybridized carbons (Fsp3) is 0.550. The van der Waals surface area contributed by atoms with Crippen LogP contribution < -0.4 is 0 Å². The first-order chi connectivity index (χ1) is 12.4. The minimum atomic E-state index is -0.167. The minimum absolute atomic E-state index is 0.0823. The van der Waals surface area contributed by atoms with E-state index in [1.54, 1.807) is 11.3 Å². The Kier molecular flexibility index (Phi) is 4.45. The van der Waals surface area contributed by atoms with Crippen molar-refractivity contribution in [3.05, 3.63) is 28.2 Å². The summed E-state index contributed by atoms with van der Waals surface area (Å²) in [5, 5.41) is 11.1. The van der Waals surface area contributed by atoms with E-state index in [4.69, 9.17) is 11.6 Å². The molecule has 5 rings (SSSR count). The maximum atomic E-state index is 13.0. The number of halogens is 1. The SMILES string of the molecule is CCC1CC2(C#N)CC(C2)N1C(=O)CC(C)c1nc2cc(Cl)ccc2s1. The van der Waals surface area contributed by atoms with Crippen molar-refractivity contribution in [1.29, 1.82) is 5.26 Å². The van der Waals surface area contributed by atoms with Crippen LogP contribution in [0.5, 0.6) is 0 Å². The Labute approximate surface area is 162 Å². The zero-order valence-electron chi connectivity index (χ0n) is 15.0. The first-order valence-electron chi connectivity index (χ1n) is 9.23. The van der Waals surface area contributed by atoms with Crippen LogP contribution in [0.1, 0.15) is 56.9 Å². The number of hydrogen-bond donors (Lipinski definition) is 0. The predicted molar refractivity (Wildman–Crippen MR) is 104 cm³/mol. The molecule has 0 radical (unpaired) electrons. The summed E-state index contributed by atoms with van der Waals surface area (Å²) < 4.78 is 1.10. The number of nitriles is 1. The van der Waals surface area contributed by atoms with Gasteiger partial charge in [0, 0.05) is 29.4 Å². The average Bonchev–Trinajstić information content (AvgIpc) is 3.03. The molecule has 1 amide bonds. The van der Waals surface area contributed by atoms with Gasteiger partial charge >= 0.3 is 0 Å². The molecule has 1 aliphatic carbocycles. The molecule has 2 bridgehead atoms. The second-order valence-corrected chi connectivity index (χ2v) is 9.29. The first-order valence-corrected chi connectivity index (χ1v) is 10.4. The number of rotatable bonds is 4. The topological polar surface area (TPSA) is 57.0 Å². The minimum Gasteiger partial charge on any atom is -0.337 e. The normalized spacial score (nSPS) is 28.5. The van der Waals surface area contributed by atoms with Crippen LogP contribution in [-0.2, 0) is 4.79 Å². The molecule has 1 aromatic heterocycles. The summed E-state index contributed by atoms with van der Waals surface area (Å²) in [5.41, 5.74) is 0.735. The quantitative estimate of drug-likeness (QED) is 0.730. The van der Waals surface area contributed by atoms with E-state index in [2.05, 4.69) is 29.8 Å². The van der Waals surface area contributed by atoms with Crippen molar-refractivity contribution in [3.63, 3.8) is 0 Å². The zero-order chi connectivity index (χ0) is 18.5. The number of fused-ring (bicyclic) bond motifs is 3. The molecule has 3 heterocycles. The number of aromatic nitrogens is 1. The Morgan fingerprint density at radius 3 is 2.96 bits per heavy atom. The van der Waals surface area contributed by atoms with Crippen LogP contribution in [0.4, 0.5) is 0 Å². The number of amides is 1. The summed E-state index contributed by atoms with van der Waals surface area (Å²) in [6.07, 6.45) is 3.91. The van der Waals surface area contributed by atoms with E-state index in [0.717, 1.165) is 40.9 Å². The van der Waals surface area contributed by atoms with E-state index in [9.17, 15) is 10.1 Å². The highest BCUT2D eigenvalue weighted by atomic mass is 35.5. The van der Waals surface area contributed by atoms with Crippen molar-refractivity contribution in [2.45, 2.75) is 64.0 Å². The summed E-state index contributed by atoms with van der Waals surface area (Å²) in [6.45, 7) is 4.18. The van der Waals surface area contributed by atoms with Crippen molar-refractivity contribution in [2.75, 3.05) is 0 Å². The molecule has 3 aliphatic rings. The number of carbonyl (C=O) groups is 1. The Balaban J connectivity index is 1.49. The van der Waals surface area contributed by atoms with E-state index in [1.807, 2.05) is 18.2 Å². The molecule has 136 valence electrons. The van der Waals surface area contributed by atoms with Crippen molar-refractivity contribution in [1.82, 2.24) is 9.88 Å². The molecule has 6 heteroatoms. The molecule has 0 spiro atoms. The lowest BCUT2D eigenvalue weighted by atomic mass is 9.58. The Morgan fingerprint density at radius 2 is 2.27 bits per heavy atom. The predicted octanol–water partition coefficient (Wildman–Crippen LogP) is 5.13. The number of nitrogens with zero attached hydrogens (tertiary/aromatic N) is 3. The van der Waals surface area contributed by atoms with Gasteiger partial charge in [-0.3, -0.25) is 4.79 Å². The first kappa shape index (κ1) is 17.8. The highest BCUT2D eigenvalue weighted by Crippen LogP contribution is 2.53. The summed E-state index contributed by atoms with van der Waals surface area (Å²) >= 11 is 7.69. The molecule has 1 aromatic carbocycles. The molecule has 26 heavy (non-hydrogen) atoms. The molecule has 1 saturated carbocycles. The molecule has 2 atom stereocenters. The second-order valence-electron chi connectivity index (χ2n) is 7.79. The van der Waals surface area contributed by atoms with Gasteiger partial charge in [-0.15, -0.1) is 11.3 Å². The summed E-state index contributed by atoms with van der Waals surface area (Å²) in [4.78, 5) is 19.8. The van der Waals surface area contributed by atoms with Crippen molar-refractivity contribution < 1.29 is 4.79 Å². The molecule has 2 aliphatic heterocycles. The van der Waals surface area contributed by atoms with Crippen molar-refractivity contribution in [2.24, 2.45) is 5.41 Å². The maximum Gasteiger partial charge on any atom is 0.223 e. The van der Waals surface area contributed by atoms with Crippen LogP contribution in [0.2, 0.25) is 5.02 Å². The second kappa shape index (κ2) is 6.51. The van der Waals surface area contributed by atoms with Crippen molar-refractivity contribution >= 4 is 39.1 Å². The third-order valence-electron chi connectivity index (χ3n) is 5.93. The summed E-state index contributed by atoms with van der Waals surface area (Å²) in [5.74, 6) is 0.289. The van der Waals surface area contributed by atoms with Crippen LogP contribution in [0.25, 0.3) is 10.2 Å². The van der Waals surface area contributed by atoms with E-state index >= 15 is 0 Å². The Hall–Kier alpha value is -1.64. The van der Waals surface area contributed by atoms with E-state index in [0.29, 0.717) is 11.4 Å². The van der Waals surface area contributed by atoms with Crippen LogP contribution in [-0.4, -0.2) is 27.9 Å². The lowest BCUT2D eigenvalue weighted by molar-refractivity contribution is -0.152. The van der Waals surface area contributed by atoms with E-state index < -0.39 is 0 Å². The number of carbonyl (C=O) groups excluding carboxylic acids is 1. The molecule has 4 nitrogen and oxygen atoms in total. The smallest absolute Gasteiger partial charge is 0.223 e. The fourth-order valence-electron chi connectivity index (χ4n) is 4.52. The third kappa shape index (κ3) is 2.90. The average molecular weight is 388 g/mol. The highest BCUT2D eigenvalue weighted by molar-refractivity contribution is 7.18. The van der Waals surface area contributed by atoms with Gasteiger partial charge in [0.05, 0.1) is 26.7 Å². The number of hydrogen-bond acceptors (Lipinski definition) is 4. The zero-order valence-corrected chi connectivity index (χ0v) is 16.6. The molecular formula is C20H22ClN3OS. The van der Waals surface area contributed by atoms with Crippen molar-refractivity contribution in [3.8, 4) is 6.07 Å². The standard InChI is InChI=1S/C20H22ClN3OS/c1-3-14-8-20(11-22)9-15(10-20)24(14)18(25)6-12(2)19-23-16-7-13(21)4-5-17(16)26-19/h4-5,7,12,14-15H,3,6,8-10H2,1-2H3. The lowest BCUT2D eigenvalue weighted by Gasteiger charge is -2.58. The van der Waals surface area contributed by atoms with Gasteiger partial charge in [0.15, 0.2) is 0 Å². The number of benzene rings is 1. The Morgan fingerprint density at radius 1 is 1.50 bits per heavy atom. The lowest BCUT2D eigenvalue weighted by Crippen LogP contribution is -2.63. The molecule has 2 aromatic rings. The van der Waals surface area contributed by atoms with Crippen LogP contribution in [0, 0.1) is 16.7 Å². The van der Waals surface area contributed by atoms with Gasteiger partial charge in [0.1, 0.15) is 0 Å². The van der Waals surface area contributed by atoms with Crippen LogP contribution >= 0.6 is 22.9 Å². The van der Waals surface area contributed by atoms with Gasteiger partial charge < -0.3 is 4.90 Å². The molecule has 2 unspecified atom stereocenters. The molecule has 0 N–H and O–H groups in total. The van der Waals surface area contributed by atoms with Gasteiger partial charge in [0.2, 0.25) is 5.91 Å². The summed E-state index contributed by atoms with van der Waals surface area (Å²) in [7, 11) is 0. The fourth-order valence-corrected chi connectivity index (χ4v) is 5.69. The number of thiazole rings is 1. The third-order valence-corrected chi connectivity index (χ3v) is 7.43. The van der Waals surface area contributed by atoms with Crippen LogP contribution in [0.15, 0.2) is 18.2 Å². The summed E-state index contributed by atoms with van der Waals surface area (Å²) in [6, 6.07) is 8.69. The van der Waals surface area contributed by atoms with Gasteiger partial charge in [-0.05, 0) is 43.9 Å².